The van der Waals surface area contributed by atoms with Crippen LogP contribution < -0.4 is 5.73 Å². The molecular formula is C27H63N. The van der Waals surface area contributed by atoms with Gasteiger partial charge in [0.05, 0.1) is 0 Å². The van der Waals surface area contributed by atoms with Gasteiger partial charge in [-0.2, -0.15) is 0 Å². The Kier molecular flexibility index (Phi) is 52.3. The first-order chi connectivity index (χ1) is 13.7. The molecule has 1 nitrogen and oxygen atoms in total. The summed E-state index contributed by atoms with van der Waals surface area (Å²) in [5.74, 6) is 0. The molecule has 0 bridgehead atoms. The van der Waals surface area contributed by atoms with Gasteiger partial charge in [-0.1, -0.05) is 158 Å². The van der Waals surface area contributed by atoms with Gasteiger partial charge in [-0.25, -0.2) is 0 Å². The fourth-order valence-corrected chi connectivity index (χ4v) is 2.91. The van der Waals surface area contributed by atoms with Crippen molar-refractivity contribution in [3.63, 3.8) is 0 Å². The number of hydrogen-bond acceptors (Lipinski definition) is 1. The number of hydrogen-bond donors (Lipinski definition) is 1. The second-order valence-electron chi connectivity index (χ2n) is 7.53. The molecule has 28 heavy (non-hydrogen) atoms. The fraction of sp³-hybridized carbons (Fsp3) is 1.00. The van der Waals surface area contributed by atoms with Crippen molar-refractivity contribution in [3.8, 4) is 0 Å². The maximum Gasteiger partial charge on any atom is 0.00335 e. The maximum atomic E-state index is 5.47. The molecule has 0 aliphatic heterocycles. The van der Waals surface area contributed by atoms with Crippen LogP contribution in [-0.4, -0.2) is 6.04 Å². The van der Waals surface area contributed by atoms with Crippen LogP contribution in [0.15, 0.2) is 0 Å². The van der Waals surface area contributed by atoms with E-state index < -0.39 is 0 Å². The Hall–Kier alpha value is -0.0400. The van der Waals surface area contributed by atoms with E-state index in [1.54, 1.807) is 0 Å². The summed E-state index contributed by atoms with van der Waals surface area (Å²) in [6, 6.07) is 0.435. The van der Waals surface area contributed by atoms with E-state index in [2.05, 4.69) is 27.7 Å². The summed E-state index contributed by atoms with van der Waals surface area (Å²) in [7, 11) is 0. The highest BCUT2D eigenvalue weighted by molar-refractivity contribution is 4.51. The van der Waals surface area contributed by atoms with Crippen molar-refractivity contribution in [2.75, 3.05) is 0 Å². The van der Waals surface area contributed by atoms with E-state index in [0.717, 1.165) is 12.8 Å². The van der Waals surface area contributed by atoms with Crippen LogP contribution in [0.25, 0.3) is 0 Å². The summed E-state index contributed by atoms with van der Waals surface area (Å²) in [4.78, 5) is 0. The molecule has 0 radical (unpaired) electrons. The summed E-state index contributed by atoms with van der Waals surface area (Å²) in [5, 5.41) is 0. The Bertz CT molecular complexity index is 171. The summed E-state index contributed by atoms with van der Waals surface area (Å²) in [6.45, 7) is 16.8. The topological polar surface area (TPSA) is 26.0 Å². The van der Waals surface area contributed by atoms with Crippen LogP contribution >= 0.6 is 0 Å². The van der Waals surface area contributed by atoms with E-state index in [1.807, 2.05) is 27.7 Å². The second-order valence-corrected chi connectivity index (χ2v) is 7.53. The summed E-state index contributed by atoms with van der Waals surface area (Å²) >= 11 is 0. The molecule has 0 spiro atoms. The van der Waals surface area contributed by atoms with Gasteiger partial charge >= 0.3 is 0 Å². The van der Waals surface area contributed by atoms with Gasteiger partial charge in [0.15, 0.2) is 0 Å². The molecule has 0 aromatic heterocycles. The van der Waals surface area contributed by atoms with Crippen molar-refractivity contribution in [3.05, 3.63) is 0 Å². The molecule has 0 aliphatic rings. The van der Waals surface area contributed by atoms with Gasteiger partial charge in [0.1, 0.15) is 0 Å². The highest BCUT2D eigenvalue weighted by Crippen LogP contribution is 2.13. The first kappa shape index (κ1) is 35.4. The predicted molar refractivity (Wildman–Crippen MR) is 136 cm³/mol. The Morgan fingerprint density at radius 3 is 0.679 bits per heavy atom. The van der Waals surface area contributed by atoms with Crippen LogP contribution in [0.5, 0.6) is 0 Å². The molecule has 0 aromatic carbocycles. The van der Waals surface area contributed by atoms with Crippen molar-refractivity contribution in [2.24, 2.45) is 5.73 Å². The van der Waals surface area contributed by atoms with E-state index in [4.69, 9.17) is 5.73 Å². The number of unbranched alkanes of at least 4 members (excludes halogenated alkanes) is 15. The third-order valence-electron chi connectivity index (χ3n) is 5.01. The van der Waals surface area contributed by atoms with Crippen LogP contribution in [0.2, 0.25) is 0 Å². The number of nitrogens with two attached hydrogens (primary N) is 1. The molecule has 0 atom stereocenters. The zero-order chi connectivity index (χ0) is 22.3. The fourth-order valence-electron chi connectivity index (χ4n) is 2.91. The highest BCUT2D eigenvalue weighted by Gasteiger charge is 1.93. The summed E-state index contributed by atoms with van der Waals surface area (Å²) in [5.41, 5.74) is 5.47. The van der Waals surface area contributed by atoms with Crippen molar-refractivity contribution in [2.45, 2.75) is 177 Å². The molecule has 0 fully saturated rings. The average molecular weight is 402 g/mol. The summed E-state index contributed by atoms with van der Waals surface area (Å²) < 4.78 is 0. The minimum absolute atomic E-state index is 0.435. The van der Waals surface area contributed by atoms with E-state index in [1.165, 1.54) is 103 Å². The predicted octanol–water partition coefficient (Wildman–Crippen LogP) is 10.5. The largest absolute Gasteiger partial charge is 0.328 e. The summed E-state index contributed by atoms with van der Waals surface area (Å²) in [6.07, 6.45) is 25.6. The third-order valence-corrected chi connectivity index (χ3v) is 5.01. The molecule has 0 unspecified atom stereocenters. The lowest BCUT2D eigenvalue weighted by atomic mass is 10.0. The standard InChI is InChI=1S/C18H38.C5H13N.2C2H6/c1-3-5-7-9-11-13-15-17-18-16-14-12-10-8-6-4-2;1-3-5(6)4-2;2*1-2/h3-18H2,1-2H3;5H,3-4,6H2,1-2H3;2*1-2H3. The molecular weight excluding hydrogens is 338 g/mol. The molecule has 2 N–H and O–H groups in total. The second kappa shape index (κ2) is 41.4. The highest BCUT2D eigenvalue weighted by atomic mass is 14.6. The molecule has 0 saturated carbocycles. The van der Waals surface area contributed by atoms with Crippen molar-refractivity contribution < 1.29 is 0 Å². The van der Waals surface area contributed by atoms with Gasteiger partial charge in [0.2, 0.25) is 0 Å². The minimum atomic E-state index is 0.435. The lowest BCUT2D eigenvalue weighted by Gasteiger charge is -2.03. The van der Waals surface area contributed by atoms with Crippen molar-refractivity contribution >= 4 is 0 Å². The van der Waals surface area contributed by atoms with E-state index in [0.29, 0.717) is 6.04 Å². The van der Waals surface area contributed by atoms with Crippen LogP contribution in [0, 0.1) is 0 Å². The van der Waals surface area contributed by atoms with Gasteiger partial charge in [-0.3, -0.25) is 0 Å². The van der Waals surface area contributed by atoms with Gasteiger partial charge < -0.3 is 5.73 Å². The van der Waals surface area contributed by atoms with E-state index >= 15 is 0 Å². The quantitative estimate of drug-likeness (QED) is 0.241. The Morgan fingerprint density at radius 1 is 0.393 bits per heavy atom. The molecule has 0 rings (SSSR count). The Balaban J connectivity index is -0.000000241. The van der Waals surface area contributed by atoms with Crippen LogP contribution in [0.4, 0.5) is 0 Å². The Labute approximate surface area is 183 Å². The molecule has 0 saturated heterocycles. The van der Waals surface area contributed by atoms with Gasteiger partial charge in [0, 0.05) is 6.04 Å². The molecule has 176 valence electrons. The molecule has 1 heteroatoms. The smallest absolute Gasteiger partial charge is 0.00335 e. The monoisotopic (exact) mass is 401 g/mol. The zero-order valence-electron chi connectivity index (χ0n) is 21.9. The molecule has 0 aliphatic carbocycles. The SMILES string of the molecule is CC.CC.CCC(N)CC.CCCCCCCCCCCCCCCCCC. The van der Waals surface area contributed by atoms with Gasteiger partial charge in [0.25, 0.3) is 0 Å². The molecule has 0 amide bonds. The van der Waals surface area contributed by atoms with E-state index in [9.17, 15) is 0 Å². The van der Waals surface area contributed by atoms with E-state index in [-0.39, 0.29) is 0 Å². The first-order valence-electron chi connectivity index (χ1n) is 13.5. The van der Waals surface area contributed by atoms with Crippen LogP contribution in [0.1, 0.15) is 171 Å². The minimum Gasteiger partial charge on any atom is -0.328 e. The maximum absolute atomic E-state index is 5.47. The van der Waals surface area contributed by atoms with Gasteiger partial charge in [-0.15, -0.1) is 0 Å². The molecule has 0 heterocycles. The average Bonchev–Trinajstić information content (AvgIpc) is 2.76. The van der Waals surface area contributed by atoms with Crippen molar-refractivity contribution in [1.29, 1.82) is 0 Å². The third kappa shape index (κ3) is 45.0. The Morgan fingerprint density at radius 2 is 0.571 bits per heavy atom. The normalized spacial score (nSPS) is 9.64. The lowest BCUT2D eigenvalue weighted by molar-refractivity contribution is 0.531. The zero-order valence-corrected chi connectivity index (χ0v) is 21.9. The first-order valence-corrected chi connectivity index (χ1v) is 13.5. The van der Waals surface area contributed by atoms with Crippen molar-refractivity contribution in [1.82, 2.24) is 0 Å². The van der Waals surface area contributed by atoms with Gasteiger partial charge in [-0.05, 0) is 12.8 Å². The number of rotatable bonds is 17. The van der Waals surface area contributed by atoms with Crippen LogP contribution in [-0.2, 0) is 0 Å². The molecule has 0 aromatic rings. The van der Waals surface area contributed by atoms with Crippen LogP contribution in [0.3, 0.4) is 0 Å². The lowest BCUT2D eigenvalue weighted by Crippen LogP contribution is -2.16.